The predicted molar refractivity (Wildman–Crippen MR) is 111 cm³/mol. The van der Waals surface area contributed by atoms with Gasteiger partial charge in [-0.1, -0.05) is 19.1 Å². The molecule has 0 spiro atoms. The van der Waals surface area contributed by atoms with E-state index in [2.05, 4.69) is 48.6 Å². The second-order valence-electron chi connectivity index (χ2n) is 9.19. The lowest BCUT2D eigenvalue weighted by Crippen LogP contribution is -2.34. The largest absolute Gasteiger partial charge is 0.374 e. The topological polar surface area (TPSA) is 81.1 Å². The molecule has 1 amide bonds. The molecule has 0 unspecified atom stereocenters. The second-order valence-corrected chi connectivity index (χ2v) is 9.19. The molecule has 1 aliphatic carbocycles. The first-order chi connectivity index (χ1) is 13.3. The van der Waals surface area contributed by atoms with Crippen molar-refractivity contribution in [3.05, 3.63) is 11.9 Å². The standard InChI is InChI=1S/C21H39N5O2/c1-16(2)10-11-28-21(3,4)15-26-14-19(24-25-26)13-23-20(27)18-8-6-17(7-9-18)12-22-5/h14,16-18,22H,6-13,15H2,1-5H3,(H,23,27). The van der Waals surface area contributed by atoms with Gasteiger partial charge in [-0.2, -0.15) is 0 Å². The second kappa shape index (κ2) is 10.9. The van der Waals surface area contributed by atoms with Crippen molar-refractivity contribution in [3.8, 4) is 0 Å². The van der Waals surface area contributed by atoms with Crippen LogP contribution in [0.1, 0.15) is 65.5 Å². The summed E-state index contributed by atoms with van der Waals surface area (Å²) in [6.07, 6.45) is 7.16. The normalized spacial score (nSPS) is 20.5. The van der Waals surface area contributed by atoms with Crippen molar-refractivity contribution < 1.29 is 9.53 Å². The summed E-state index contributed by atoms with van der Waals surface area (Å²) in [7, 11) is 1.99. The van der Waals surface area contributed by atoms with E-state index in [1.54, 1.807) is 4.68 Å². The fourth-order valence-corrected chi connectivity index (χ4v) is 3.74. The van der Waals surface area contributed by atoms with Crippen LogP contribution in [-0.4, -0.2) is 46.7 Å². The molecule has 0 atom stereocenters. The molecule has 0 aliphatic heterocycles. The van der Waals surface area contributed by atoms with Crippen molar-refractivity contribution in [2.24, 2.45) is 17.8 Å². The lowest BCUT2D eigenvalue weighted by atomic mass is 9.81. The van der Waals surface area contributed by atoms with Crippen molar-refractivity contribution in [2.45, 2.75) is 78.5 Å². The molecule has 28 heavy (non-hydrogen) atoms. The van der Waals surface area contributed by atoms with Crippen LogP contribution in [0.15, 0.2) is 6.20 Å². The maximum atomic E-state index is 12.4. The number of nitrogens with zero attached hydrogens (tertiary/aromatic N) is 3. The molecule has 1 saturated carbocycles. The Morgan fingerprint density at radius 3 is 2.68 bits per heavy atom. The Balaban J connectivity index is 1.73. The minimum atomic E-state index is -0.297. The predicted octanol–water partition coefficient (Wildman–Crippen LogP) is 2.76. The highest BCUT2D eigenvalue weighted by atomic mass is 16.5. The fraction of sp³-hybridized carbons (Fsp3) is 0.857. The van der Waals surface area contributed by atoms with Crippen LogP contribution in [0.25, 0.3) is 0 Å². The van der Waals surface area contributed by atoms with E-state index in [4.69, 9.17) is 4.74 Å². The summed E-state index contributed by atoms with van der Waals surface area (Å²) in [6.45, 7) is 11.4. The number of amides is 1. The van der Waals surface area contributed by atoms with Crippen LogP contribution in [0.5, 0.6) is 0 Å². The molecule has 1 aromatic heterocycles. The van der Waals surface area contributed by atoms with Gasteiger partial charge in [0.25, 0.3) is 0 Å². The molecule has 7 nitrogen and oxygen atoms in total. The van der Waals surface area contributed by atoms with Crippen molar-refractivity contribution >= 4 is 5.91 Å². The number of carbonyl (C=O) groups is 1. The number of nitrogens with one attached hydrogen (secondary N) is 2. The molecular weight excluding hydrogens is 354 g/mol. The zero-order chi connectivity index (χ0) is 20.6. The summed E-state index contributed by atoms with van der Waals surface area (Å²) in [4.78, 5) is 12.4. The zero-order valence-electron chi connectivity index (χ0n) is 18.3. The van der Waals surface area contributed by atoms with Gasteiger partial charge in [-0.05, 0) is 71.4 Å². The highest BCUT2D eigenvalue weighted by molar-refractivity contribution is 5.78. The maximum absolute atomic E-state index is 12.4. The maximum Gasteiger partial charge on any atom is 0.223 e. The van der Waals surface area contributed by atoms with Crippen LogP contribution in [0.4, 0.5) is 0 Å². The van der Waals surface area contributed by atoms with E-state index in [1.165, 1.54) is 0 Å². The Kier molecular flexibility index (Phi) is 8.89. The quantitative estimate of drug-likeness (QED) is 0.604. The number of carbonyl (C=O) groups excluding carboxylic acids is 1. The number of rotatable bonds is 11. The van der Waals surface area contributed by atoms with Crippen LogP contribution in [0.3, 0.4) is 0 Å². The van der Waals surface area contributed by atoms with Gasteiger partial charge in [-0.25, -0.2) is 4.68 Å². The third kappa shape index (κ3) is 7.87. The third-order valence-electron chi connectivity index (χ3n) is 5.47. The van der Waals surface area contributed by atoms with Gasteiger partial charge in [-0.3, -0.25) is 4.79 Å². The number of hydrogen-bond acceptors (Lipinski definition) is 5. The van der Waals surface area contributed by atoms with Crippen LogP contribution >= 0.6 is 0 Å². The van der Waals surface area contributed by atoms with Crippen LogP contribution in [-0.2, 0) is 22.6 Å². The lowest BCUT2D eigenvalue weighted by molar-refractivity contribution is -0.126. The highest BCUT2D eigenvalue weighted by Crippen LogP contribution is 2.28. The van der Waals surface area contributed by atoms with Gasteiger partial charge in [0, 0.05) is 12.5 Å². The monoisotopic (exact) mass is 393 g/mol. The number of aromatic nitrogens is 3. The van der Waals surface area contributed by atoms with E-state index in [-0.39, 0.29) is 17.4 Å². The molecule has 1 heterocycles. The van der Waals surface area contributed by atoms with Gasteiger partial charge < -0.3 is 15.4 Å². The van der Waals surface area contributed by atoms with E-state index >= 15 is 0 Å². The average molecular weight is 394 g/mol. The fourth-order valence-electron chi connectivity index (χ4n) is 3.74. The third-order valence-corrected chi connectivity index (χ3v) is 5.47. The van der Waals surface area contributed by atoms with Gasteiger partial charge in [0.1, 0.15) is 5.69 Å². The molecular formula is C21H39N5O2. The summed E-state index contributed by atoms with van der Waals surface area (Å²) < 4.78 is 7.80. The van der Waals surface area contributed by atoms with E-state index in [9.17, 15) is 4.79 Å². The Hall–Kier alpha value is -1.47. The number of ether oxygens (including phenoxy) is 1. The van der Waals surface area contributed by atoms with E-state index in [0.29, 0.717) is 24.9 Å². The van der Waals surface area contributed by atoms with Gasteiger partial charge in [0.2, 0.25) is 5.91 Å². The summed E-state index contributed by atoms with van der Waals surface area (Å²) >= 11 is 0. The summed E-state index contributed by atoms with van der Waals surface area (Å²) in [5, 5.41) is 14.7. The molecule has 7 heteroatoms. The first kappa shape index (κ1) is 22.8. The van der Waals surface area contributed by atoms with Gasteiger partial charge in [0.15, 0.2) is 0 Å². The summed E-state index contributed by atoms with van der Waals surface area (Å²) in [5.41, 5.74) is 0.491. The summed E-state index contributed by atoms with van der Waals surface area (Å²) in [5.74, 6) is 1.63. The molecule has 1 aliphatic rings. The van der Waals surface area contributed by atoms with Gasteiger partial charge in [-0.15, -0.1) is 5.10 Å². The average Bonchev–Trinajstić information content (AvgIpc) is 3.06. The minimum Gasteiger partial charge on any atom is -0.374 e. The molecule has 1 aromatic rings. The van der Waals surface area contributed by atoms with E-state index in [1.807, 2.05) is 13.2 Å². The van der Waals surface area contributed by atoms with Crippen molar-refractivity contribution in [1.82, 2.24) is 25.6 Å². The molecule has 0 saturated heterocycles. The van der Waals surface area contributed by atoms with Crippen molar-refractivity contribution in [3.63, 3.8) is 0 Å². The minimum absolute atomic E-state index is 0.136. The SMILES string of the molecule is CNCC1CCC(C(=O)NCc2cn(CC(C)(C)OCCC(C)C)nn2)CC1. The molecule has 1 fully saturated rings. The van der Waals surface area contributed by atoms with Crippen molar-refractivity contribution in [1.29, 1.82) is 0 Å². The molecule has 0 bridgehead atoms. The Morgan fingerprint density at radius 1 is 1.32 bits per heavy atom. The Morgan fingerprint density at radius 2 is 2.04 bits per heavy atom. The smallest absolute Gasteiger partial charge is 0.223 e. The number of hydrogen-bond donors (Lipinski definition) is 2. The lowest BCUT2D eigenvalue weighted by Gasteiger charge is -2.27. The first-order valence-electron chi connectivity index (χ1n) is 10.7. The van der Waals surface area contributed by atoms with E-state index in [0.717, 1.165) is 50.9 Å². The molecule has 2 rings (SSSR count). The van der Waals surface area contributed by atoms with Crippen molar-refractivity contribution in [2.75, 3.05) is 20.2 Å². The van der Waals surface area contributed by atoms with Gasteiger partial charge >= 0.3 is 0 Å². The molecule has 160 valence electrons. The van der Waals surface area contributed by atoms with Gasteiger partial charge in [0.05, 0.1) is 24.9 Å². The molecule has 0 radical (unpaired) electrons. The van der Waals surface area contributed by atoms with Crippen LogP contribution < -0.4 is 10.6 Å². The first-order valence-corrected chi connectivity index (χ1v) is 10.7. The Bertz CT molecular complexity index is 591. The van der Waals surface area contributed by atoms with E-state index < -0.39 is 0 Å². The highest BCUT2D eigenvalue weighted by Gasteiger charge is 2.26. The molecule has 0 aromatic carbocycles. The van der Waals surface area contributed by atoms with Crippen LogP contribution in [0.2, 0.25) is 0 Å². The summed E-state index contributed by atoms with van der Waals surface area (Å²) in [6, 6.07) is 0. The zero-order valence-corrected chi connectivity index (χ0v) is 18.3. The Labute approximate surface area is 170 Å². The molecule has 2 N–H and O–H groups in total. The van der Waals surface area contributed by atoms with Crippen LogP contribution in [0, 0.1) is 17.8 Å².